The fourth-order valence-corrected chi connectivity index (χ4v) is 1.86. The van der Waals surface area contributed by atoms with E-state index in [2.05, 4.69) is 34.0 Å². The minimum atomic E-state index is -0.644. The molecule has 0 saturated carbocycles. The van der Waals surface area contributed by atoms with Gasteiger partial charge in [-0.15, -0.1) is 0 Å². The number of nitrogens with zero attached hydrogens (tertiary/aromatic N) is 3. The van der Waals surface area contributed by atoms with E-state index in [0.29, 0.717) is 24.1 Å². The molecule has 1 N–H and O–H groups in total. The van der Waals surface area contributed by atoms with Crippen molar-refractivity contribution in [3.63, 3.8) is 0 Å². The topological polar surface area (TPSA) is 97.6 Å². The van der Waals surface area contributed by atoms with Gasteiger partial charge in [0.1, 0.15) is 12.6 Å². The minimum Gasteiger partial charge on any atom is -0.447 e. The number of alkyl carbamates (subject to hydrolysis) is 1. The third-order valence-corrected chi connectivity index (χ3v) is 2.82. The molecule has 1 atom stereocenters. The Hall–Kier alpha value is -2.12. The van der Waals surface area contributed by atoms with Gasteiger partial charge in [0.15, 0.2) is 5.82 Å². The fourth-order valence-electron chi connectivity index (χ4n) is 1.86. The normalized spacial score (nSPS) is 18.0. The average Bonchev–Trinajstić information content (AvgIpc) is 2.97. The van der Waals surface area contributed by atoms with Crippen LogP contribution in [0.15, 0.2) is 4.52 Å². The van der Waals surface area contributed by atoms with Crippen LogP contribution in [0.1, 0.15) is 25.6 Å². The Morgan fingerprint density at radius 2 is 2.30 bits per heavy atom. The number of nitrogens with one attached hydrogen (secondary N) is 1. The van der Waals surface area contributed by atoms with Gasteiger partial charge >= 0.3 is 6.09 Å². The van der Waals surface area contributed by atoms with Gasteiger partial charge in [-0.2, -0.15) is 4.98 Å². The number of hydrogen-bond donors (Lipinski definition) is 1. The lowest BCUT2D eigenvalue weighted by Gasteiger charge is -2.17. The smallest absolute Gasteiger partial charge is 0.407 e. The first kappa shape index (κ1) is 14.3. The molecule has 110 valence electrons. The third kappa shape index (κ3) is 3.46. The summed E-state index contributed by atoms with van der Waals surface area (Å²) in [6, 6.07) is -0.644. The van der Waals surface area contributed by atoms with Crippen LogP contribution in [0, 0.1) is 5.92 Å². The molecule has 8 nitrogen and oxygen atoms in total. The Labute approximate surface area is 116 Å². The monoisotopic (exact) mass is 282 g/mol. The average molecular weight is 282 g/mol. The van der Waals surface area contributed by atoms with Crippen LogP contribution in [0.4, 0.5) is 4.79 Å². The van der Waals surface area contributed by atoms with Crippen LogP contribution in [-0.4, -0.2) is 46.7 Å². The molecule has 0 unspecified atom stereocenters. The van der Waals surface area contributed by atoms with Crippen molar-refractivity contribution in [1.82, 2.24) is 20.4 Å². The highest BCUT2D eigenvalue weighted by molar-refractivity contribution is 5.87. The van der Waals surface area contributed by atoms with Crippen molar-refractivity contribution in [2.24, 2.45) is 5.92 Å². The number of cyclic esters (lactones) is 1. The summed E-state index contributed by atoms with van der Waals surface area (Å²) in [5, 5.41) is 6.27. The lowest BCUT2D eigenvalue weighted by molar-refractivity contribution is -0.132. The van der Waals surface area contributed by atoms with E-state index in [4.69, 9.17) is 4.52 Å². The summed E-state index contributed by atoms with van der Waals surface area (Å²) in [5.41, 5.74) is 0. The SMILES string of the molecule is CC(C)Cc1nc(CN(C)C(=O)[C@@H]2COC(=O)N2)no1. The molecule has 0 aliphatic carbocycles. The molecule has 1 aliphatic rings. The zero-order valence-electron chi connectivity index (χ0n) is 11.8. The number of ether oxygens (including phenoxy) is 1. The van der Waals surface area contributed by atoms with Crippen molar-refractivity contribution in [3.8, 4) is 0 Å². The van der Waals surface area contributed by atoms with Crippen molar-refractivity contribution in [2.45, 2.75) is 32.9 Å². The van der Waals surface area contributed by atoms with E-state index in [1.54, 1.807) is 7.05 Å². The highest BCUT2D eigenvalue weighted by Crippen LogP contribution is 2.08. The number of aromatic nitrogens is 2. The molecule has 8 heteroatoms. The molecular formula is C12H18N4O4. The lowest BCUT2D eigenvalue weighted by atomic mass is 10.1. The Balaban J connectivity index is 1.90. The molecular weight excluding hydrogens is 264 g/mol. The van der Waals surface area contributed by atoms with E-state index in [1.807, 2.05) is 0 Å². The van der Waals surface area contributed by atoms with E-state index < -0.39 is 12.1 Å². The Morgan fingerprint density at radius 1 is 1.55 bits per heavy atom. The van der Waals surface area contributed by atoms with Gasteiger partial charge in [0.25, 0.3) is 0 Å². The van der Waals surface area contributed by atoms with E-state index in [9.17, 15) is 9.59 Å². The van der Waals surface area contributed by atoms with Gasteiger partial charge in [-0.25, -0.2) is 4.79 Å². The van der Waals surface area contributed by atoms with Crippen molar-refractivity contribution in [1.29, 1.82) is 0 Å². The molecule has 2 heterocycles. The lowest BCUT2D eigenvalue weighted by Crippen LogP contribution is -2.43. The summed E-state index contributed by atoms with van der Waals surface area (Å²) in [5.74, 6) is 1.19. The van der Waals surface area contributed by atoms with Crippen LogP contribution in [-0.2, 0) is 22.5 Å². The van der Waals surface area contributed by atoms with Crippen LogP contribution >= 0.6 is 0 Å². The zero-order valence-corrected chi connectivity index (χ0v) is 11.8. The number of amides is 2. The van der Waals surface area contributed by atoms with Gasteiger partial charge in [-0.3, -0.25) is 4.79 Å². The molecule has 20 heavy (non-hydrogen) atoms. The maximum absolute atomic E-state index is 12.0. The Kier molecular flexibility index (Phi) is 4.21. The van der Waals surface area contributed by atoms with Crippen molar-refractivity contribution < 1.29 is 18.8 Å². The summed E-state index contributed by atoms with van der Waals surface area (Å²) in [4.78, 5) is 28.6. The van der Waals surface area contributed by atoms with Gasteiger partial charge in [-0.05, 0) is 5.92 Å². The first-order valence-electron chi connectivity index (χ1n) is 6.45. The second-order valence-corrected chi connectivity index (χ2v) is 5.19. The molecule has 1 aromatic heterocycles. The summed E-state index contributed by atoms with van der Waals surface area (Å²) in [6.07, 6.45) is 0.132. The molecule has 1 fully saturated rings. The summed E-state index contributed by atoms with van der Waals surface area (Å²) < 4.78 is 9.79. The number of carbonyl (C=O) groups is 2. The van der Waals surface area contributed by atoms with Gasteiger partial charge in [0.05, 0.1) is 6.54 Å². The molecule has 2 amide bonds. The molecule has 1 saturated heterocycles. The van der Waals surface area contributed by atoms with Crippen LogP contribution in [0.25, 0.3) is 0 Å². The van der Waals surface area contributed by atoms with Crippen molar-refractivity contribution >= 4 is 12.0 Å². The number of carbonyl (C=O) groups excluding carboxylic acids is 2. The standard InChI is InChI=1S/C12H18N4O4/c1-7(2)4-10-14-9(15-20-10)5-16(3)11(17)8-6-19-12(18)13-8/h7-8H,4-6H2,1-3H3,(H,13,18)/t8-/m0/s1. The third-order valence-electron chi connectivity index (χ3n) is 2.82. The van der Waals surface area contributed by atoms with E-state index in [0.717, 1.165) is 0 Å². The molecule has 0 aromatic carbocycles. The molecule has 0 spiro atoms. The maximum Gasteiger partial charge on any atom is 0.407 e. The van der Waals surface area contributed by atoms with Crippen molar-refractivity contribution in [3.05, 3.63) is 11.7 Å². The van der Waals surface area contributed by atoms with Crippen molar-refractivity contribution in [2.75, 3.05) is 13.7 Å². The number of rotatable bonds is 5. The van der Waals surface area contributed by atoms with Crippen LogP contribution in [0.2, 0.25) is 0 Å². The van der Waals surface area contributed by atoms with Gasteiger partial charge in [0.2, 0.25) is 11.8 Å². The van der Waals surface area contributed by atoms with Crippen LogP contribution in [0.3, 0.4) is 0 Å². The first-order valence-corrected chi connectivity index (χ1v) is 6.45. The molecule has 2 rings (SSSR count). The molecule has 0 bridgehead atoms. The van der Waals surface area contributed by atoms with Crippen LogP contribution < -0.4 is 5.32 Å². The predicted molar refractivity (Wildman–Crippen MR) is 67.6 cm³/mol. The molecule has 1 aromatic rings. The van der Waals surface area contributed by atoms with E-state index in [-0.39, 0.29) is 19.1 Å². The largest absolute Gasteiger partial charge is 0.447 e. The Bertz CT molecular complexity index is 499. The predicted octanol–water partition coefficient (Wildman–Crippen LogP) is 0.335. The highest BCUT2D eigenvalue weighted by atomic mass is 16.6. The maximum atomic E-state index is 12.0. The van der Waals surface area contributed by atoms with Gasteiger partial charge in [0, 0.05) is 13.5 Å². The first-order chi connectivity index (χ1) is 9.45. The Morgan fingerprint density at radius 3 is 2.90 bits per heavy atom. The molecule has 1 aliphatic heterocycles. The number of hydrogen-bond acceptors (Lipinski definition) is 6. The highest BCUT2D eigenvalue weighted by Gasteiger charge is 2.31. The summed E-state index contributed by atoms with van der Waals surface area (Å²) >= 11 is 0. The van der Waals surface area contributed by atoms with Gasteiger partial charge < -0.3 is 19.5 Å². The van der Waals surface area contributed by atoms with E-state index >= 15 is 0 Å². The quantitative estimate of drug-likeness (QED) is 0.836. The van der Waals surface area contributed by atoms with Gasteiger partial charge in [-0.1, -0.05) is 19.0 Å². The summed E-state index contributed by atoms with van der Waals surface area (Å²) in [6.45, 7) is 4.39. The van der Waals surface area contributed by atoms with E-state index in [1.165, 1.54) is 4.90 Å². The second-order valence-electron chi connectivity index (χ2n) is 5.19. The summed E-state index contributed by atoms with van der Waals surface area (Å²) in [7, 11) is 1.62. The second kappa shape index (κ2) is 5.89. The zero-order chi connectivity index (χ0) is 14.7. The minimum absolute atomic E-state index is 0.0485. The molecule has 0 radical (unpaired) electrons. The fraction of sp³-hybridized carbons (Fsp3) is 0.667. The van der Waals surface area contributed by atoms with Crippen LogP contribution in [0.5, 0.6) is 0 Å². The number of likely N-dealkylation sites (N-methyl/N-ethyl adjacent to an activating group) is 1.